The van der Waals surface area contributed by atoms with Crippen molar-refractivity contribution < 1.29 is 13.2 Å². The highest BCUT2D eigenvalue weighted by molar-refractivity contribution is 7.13. The molecule has 0 bridgehead atoms. The van der Waals surface area contributed by atoms with E-state index in [0.717, 1.165) is 18.6 Å². The van der Waals surface area contributed by atoms with Crippen molar-refractivity contribution >= 4 is 21.6 Å². The zero-order valence-electron chi connectivity index (χ0n) is 12.0. The zero-order valence-corrected chi connectivity index (χ0v) is 12.8. The maximum Gasteiger partial charge on any atom is 0.431 e. The lowest BCUT2D eigenvalue weighted by Gasteiger charge is -2.13. The highest BCUT2D eigenvalue weighted by atomic mass is 32.1. The molecular formula is C14H7F3N4O2S. The lowest BCUT2D eigenvalue weighted by molar-refractivity contribution is -0.144. The Balaban J connectivity index is 2.32. The summed E-state index contributed by atoms with van der Waals surface area (Å²) in [6, 6.07) is 6.59. The van der Waals surface area contributed by atoms with Gasteiger partial charge in [-0.15, -0.1) is 0 Å². The molecule has 3 aromatic rings. The van der Waals surface area contributed by atoms with Crippen LogP contribution in [0, 0.1) is 11.3 Å². The summed E-state index contributed by atoms with van der Waals surface area (Å²) < 4.78 is 44.1. The fraction of sp³-hybridized carbons (Fsp3) is 0.143. The third-order valence-electron chi connectivity index (χ3n) is 3.43. The smallest absolute Gasteiger partial charge is 0.292 e. The highest BCUT2D eigenvalue weighted by Crippen LogP contribution is 2.27. The van der Waals surface area contributed by atoms with Gasteiger partial charge in [-0.2, -0.15) is 22.8 Å². The zero-order chi connectivity index (χ0) is 17.6. The number of benzene rings is 1. The first-order valence-corrected chi connectivity index (χ1v) is 7.21. The van der Waals surface area contributed by atoms with E-state index >= 15 is 0 Å². The van der Waals surface area contributed by atoms with Crippen LogP contribution in [0.4, 0.5) is 13.2 Å². The van der Waals surface area contributed by atoms with Gasteiger partial charge in [0.15, 0.2) is 5.69 Å². The van der Waals surface area contributed by atoms with Crippen molar-refractivity contribution in [1.82, 2.24) is 13.5 Å². The van der Waals surface area contributed by atoms with Crippen LogP contribution in [0.1, 0.15) is 11.4 Å². The van der Waals surface area contributed by atoms with Crippen LogP contribution in [0.2, 0.25) is 0 Å². The minimum Gasteiger partial charge on any atom is -0.292 e. The summed E-state index contributed by atoms with van der Waals surface area (Å²) in [7, 11) is 0.937. The first-order valence-electron chi connectivity index (χ1n) is 6.44. The Morgan fingerprint density at radius 1 is 1.25 bits per heavy atom. The number of rotatable bonds is 1. The van der Waals surface area contributed by atoms with Gasteiger partial charge in [-0.1, -0.05) is 0 Å². The maximum absolute atomic E-state index is 12.9. The number of alkyl halides is 3. The number of nitriles is 1. The van der Waals surface area contributed by atoms with Crippen molar-refractivity contribution in [3.63, 3.8) is 0 Å². The van der Waals surface area contributed by atoms with Crippen molar-refractivity contribution in [2.45, 2.75) is 6.18 Å². The first-order chi connectivity index (χ1) is 11.2. The molecule has 0 saturated heterocycles. The normalized spacial score (nSPS) is 11.6. The van der Waals surface area contributed by atoms with E-state index in [1.54, 1.807) is 6.07 Å². The van der Waals surface area contributed by atoms with Crippen LogP contribution < -0.4 is 11.2 Å². The van der Waals surface area contributed by atoms with Crippen LogP contribution in [0.25, 0.3) is 15.8 Å². The molecule has 24 heavy (non-hydrogen) atoms. The molecule has 10 heteroatoms. The monoisotopic (exact) mass is 352 g/mol. The molecule has 0 aliphatic heterocycles. The lowest BCUT2D eigenvalue weighted by Crippen LogP contribution is -2.40. The second-order valence-corrected chi connectivity index (χ2v) is 5.67. The third kappa shape index (κ3) is 2.39. The third-order valence-corrected chi connectivity index (χ3v) is 4.25. The SMILES string of the molecule is Cn1c(C(F)(F)F)cc(=O)n(-c2ccc3snc(C#N)c3c2)c1=O. The molecule has 122 valence electrons. The van der Waals surface area contributed by atoms with E-state index in [4.69, 9.17) is 5.26 Å². The molecule has 0 N–H and O–H groups in total. The molecule has 0 atom stereocenters. The minimum atomic E-state index is -4.82. The number of aromatic nitrogens is 3. The summed E-state index contributed by atoms with van der Waals surface area (Å²) >= 11 is 1.07. The van der Waals surface area contributed by atoms with Gasteiger partial charge in [-0.3, -0.25) is 9.36 Å². The topological polar surface area (TPSA) is 80.7 Å². The van der Waals surface area contributed by atoms with Crippen molar-refractivity contribution in [2.75, 3.05) is 0 Å². The van der Waals surface area contributed by atoms with E-state index in [-0.39, 0.29) is 11.4 Å². The molecule has 2 heterocycles. The van der Waals surface area contributed by atoms with Gasteiger partial charge >= 0.3 is 11.9 Å². The minimum absolute atomic E-state index is 0.0681. The van der Waals surface area contributed by atoms with Crippen molar-refractivity contribution in [3.05, 3.63) is 56.5 Å². The van der Waals surface area contributed by atoms with Crippen LogP contribution in [-0.4, -0.2) is 13.5 Å². The van der Waals surface area contributed by atoms with Gasteiger partial charge in [-0.25, -0.2) is 9.36 Å². The average Bonchev–Trinajstić information content (AvgIpc) is 2.92. The van der Waals surface area contributed by atoms with Gasteiger partial charge in [0.2, 0.25) is 0 Å². The van der Waals surface area contributed by atoms with Gasteiger partial charge in [0, 0.05) is 18.5 Å². The molecule has 0 aliphatic carbocycles. The summed E-state index contributed by atoms with van der Waals surface area (Å²) in [5.41, 5.74) is -3.38. The Morgan fingerprint density at radius 2 is 1.96 bits per heavy atom. The molecule has 2 aromatic heterocycles. The second kappa shape index (κ2) is 5.31. The van der Waals surface area contributed by atoms with Crippen LogP contribution in [-0.2, 0) is 13.2 Å². The molecule has 1 aromatic carbocycles. The van der Waals surface area contributed by atoms with E-state index in [1.807, 2.05) is 6.07 Å². The molecule has 0 saturated carbocycles. The number of hydrogen-bond acceptors (Lipinski definition) is 5. The largest absolute Gasteiger partial charge is 0.431 e. The maximum atomic E-state index is 12.9. The molecular weight excluding hydrogens is 345 g/mol. The predicted octanol–water partition coefficient (Wildman–Crippen LogP) is 2.04. The van der Waals surface area contributed by atoms with Crippen LogP contribution in [0.15, 0.2) is 33.9 Å². The summed E-state index contributed by atoms with van der Waals surface area (Å²) in [6.45, 7) is 0. The molecule has 0 aliphatic rings. The van der Waals surface area contributed by atoms with Crippen LogP contribution >= 0.6 is 11.5 Å². The molecule has 6 nitrogen and oxygen atoms in total. The summed E-state index contributed by atoms with van der Waals surface area (Å²) in [5, 5.41) is 9.42. The van der Waals surface area contributed by atoms with Crippen molar-refractivity contribution in [3.8, 4) is 11.8 Å². The number of halogens is 3. The standard InChI is InChI=1S/C14H7F3N4O2S/c1-20-11(14(15,16)17)5-12(22)21(13(20)23)7-2-3-10-8(4-7)9(6-18)19-24-10/h2-5H,1H3. The molecule has 0 fully saturated rings. The quantitative estimate of drug-likeness (QED) is 0.671. The Kier molecular flexibility index (Phi) is 3.53. The lowest BCUT2D eigenvalue weighted by atomic mass is 10.2. The molecule has 3 rings (SSSR count). The predicted molar refractivity (Wildman–Crippen MR) is 80.2 cm³/mol. The summed E-state index contributed by atoms with van der Waals surface area (Å²) in [5.74, 6) is 0. The van der Waals surface area contributed by atoms with Crippen molar-refractivity contribution in [1.29, 1.82) is 5.26 Å². The summed E-state index contributed by atoms with van der Waals surface area (Å²) in [4.78, 5) is 24.3. The highest BCUT2D eigenvalue weighted by Gasteiger charge is 2.35. The summed E-state index contributed by atoms with van der Waals surface area (Å²) in [6.07, 6.45) is -4.82. The Labute approximate surface area is 135 Å². The number of nitrogens with zero attached hydrogens (tertiary/aromatic N) is 4. The van der Waals surface area contributed by atoms with E-state index in [2.05, 4.69) is 4.37 Å². The number of fused-ring (bicyclic) bond motifs is 1. The molecule has 0 amide bonds. The van der Waals surface area contributed by atoms with Gasteiger partial charge in [-0.05, 0) is 29.7 Å². The Morgan fingerprint density at radius 3 is 2.58 bits per heavy atom. The van der Waals surface area contributed by atoms with Gasteiger partial charge < -0.3 is 0 Å². The van der Waals surface area contributed by atoms with Gasteiger partial charge in [0.05, 0.1) is 10.4 Å². The number of hydrogen-bond donors (Lipinski definition) is 0. The van der Waals surface area contributed by atoms with E-state index in [9.17, 15) is 22.8 Å². The average molecular weight is 352 g/mol. The molecule has 0 spiro atoms. The van der Waals surface area contributed by atoms with Gasteiger partial charge in [0.25, 0.3) is 5.56 Å². The van der Waals surface area contributed by atoms with Crippen LogP contribution in [0.5, 0.6) is 0 Å². The Bertz CT molecular complexity index is 1120. The first kappa shape index (κ1) is 15.9. The van der Waals surface area contributed by atoms with Crippen LogP contribution in [0.3, 0.4) is 0 Å². The second-order valence-electron chi connectivity index (χ2n) is 4.87. The van der Waals surface area contributed by atoms with E-state index < -0.39 is 23.1 Å². The fourth-order valence-electron chi connectivity index (χ4n) is 2.28. The molecule has 0 radical (unpaired) electrons. The fourth-order valence-corrected chi connectivity index (χ4v) is 2.99. The van der Waals surface area contributed by atoms with Gasteiger partial charge in [0.1, 0.15) is 11.8 Å². The van der Waals surface area contributed by atoms with E-state index in [0.29, 0.717) is 25.3 Å². The van der Waals surface area contributed by atoms with Crippen molar-refractivity contribution in [2.24, 2.45) is 7.05 Å². The Hall–Kier alpha value is -2.93. The molecule has 0 unspecified atom stereocenters. The van der Waals surface area contributed by atoms with E-state index in [1.165, 1.54) is 12.1 Å².